The minimum absolute atomic E-state index is 0.139. The maximum atomic E-state index is 12.9. The normalized spacial score (nSPS) is 19.5. The highest BCUT2D eigenvalue weighted by Gasteiger charge is 2.33. The maximum Gasteiger partial charge on any atom is 0.235 e. The second-order valence-corrected chi connectivity index (χ2v) is 9.64. The van der Waals surface area contributed by atoms with Gasteiger partial charge in [0.05, 0.1) is 10.1 Å². The SMILES string of the molecule is C[C@@H](Sc1nnc(-c2cccs2)n1C1CC1)C(=O)N(C)C1CCCCC1. The number of hydrogen-bond acceptors (Lipinski definition) is 5. The van der Waals surface area contributed by atoms with E-state index < -0.39 is 0 Å². The summed E-state index contributed by atoms with van der Waals surface area (Å²) in [7, 11) is 1.97. The molecule has 26 heavy (non-hydrogen) atoms. The smallest absolute Gasteiger partial charge is 0.235 e. The molecule has 2 saturated carbocycles. The molecule has 0 aromatic carbocycles. The van der Waals surface area contributed by atoms with Crippen LogP contribution < -0.4 is 0 Å². The van der Waals surface area contributed by atoms with E-state index in [0.29, 0.717) is 12.1 Å². The fourth-order valence-electron chi connectivity index (χ4n) is 3.74. The van der Waals surface area contributed by atoms with E-state index in [2.05, 4.69) is 26.2 Å². The summed E-state index contributed by atoms with van der Waals surface area (Å²) < 4.78 is 2.25. The number of nitrogens with zero attached hydrogens (tertiary/aromatic N) is 4. The first kappa shape index (κ1) is 18.0. The average Bonchev–Trinajstić information content (AvgIpc) is 3.19. The van der Waals surface area contributed by atoms with Crippen molar-refractivity contribution in [3.8, 4) is 10.7 Å². The van der Waals surface area contributed by atoms with Crippen molar-refractivity contribution in [2.75, 3.05) is 7.05 Å². The Morgan fingerprint density at radius 1 is 1.27 bits per heavy atom. The van der Waals surface area contributed by atoms with Crippen LogP contribution in [0.15, 0.2) is 22.7 Å². The number of thiophene rings is 1. The summed E-state index contributed by atoms with van der Waals surface area (Å²) in [5, 5.41) is 11.7. The first-order valence-corrected chi connectivity index (χ1v) is 11.3. The van der Waals surface area contributed by atoms with Gasteiger partial charge in [0.15, 0.2) is 11.0 Å². The minimum Gasteiger partial charge on any atom is -0.342 e. The Morgan fingerprint density at radius 3 is 2.69 bits per heavy atom. The molecule has 140 valence electrons. The van der Waals surface area contributed by atoms with Crippen molar-refractivity contribution in [3.63, 3.8) is 0 Å². The van der Waals surface area contributed by atoms with Crippen molar-refractivity contribution >= 4 is 29.0 Å². The van der Waals surface area contributed by atoms with E-state index in [4.69, 9.17) is 0 Å². The van der Waals surface area contributed by atoms with Gasteiger partial charge in [0.2, 0.25) is 5.91 Å². The predicted octanol–water partition coefficient (Wildman–Crippen LogP) is 4.61. The lowest BCUT2D eigenvalue weighted by Gasteiger charge is -2.32. The van der Waals surface area contributed by atoms with Gasteiger partial charge in [-0.05, 0) is 44.1 Å². The fourth-order valence-corrected chi connectivity index (χ4v) is 5.46. The third-order valence-electron chi connectivity index (χ3n) is 5.42. The molecule has 0 radical (unpaired) electrons. The molecule has 7 heteroatoms. The molecule has 0 bridgehead atoms. The highest BCUT2D eigenvalue weighted by atomic mass is 32.2. The van der Waals surface area contributed by atoms with Crippen LogP contribution in [0.5, 0.6) is 0 Å². The van der Waals surface area contributed by atoms with E-state index >= 15 is 0 Å². The maximum absolute atomic E-state index is 12.9. The molecule has 0 aliphatic heterocycles. The fraction of sp³-hybridized carbons (Fsp3) is 0.632. The second-order valence-electron chi connectivity index (χ2n) is 7.39. The molecule has 2 aliphatic rings. The number of thioether (sulfide) groups is 1. The van der Waals surface area contributed by atoms with Crippen LogP contribution in [0.1, 0.15) is 57.9 Å². The monoisotopic (exact) mass is 390 g/mol. The van der Waals surface area contributed by atoms with Gasteiger partial charge < -0.3 is 4.90 Å². The first-order valence-electron chi connectivity index (χ1n) is 9.57. The third kappa shape index (κ3) is 3.69. The first-order chi connectivity index (χ1) is 12.6. The number of amides is 1. The summed E-state index contributed by atoms with van der Waals surface area (Å²) in [6.45, 7) is 2.00. The number of carbonyl (C=O) groups is 1. The van der Waals surface area contributed by atoms with Gasteiger partial charge in [-0.15, -0.1) is 21.5 Å². The van der Waals surface area contributed by atoms with E-state index in [0.717, 1.165) is 28.7 Å². The Hall–Kier alpha value is -1.34. The van der Waals surface area contributed by atoms with Crippen molar-refractivity contribution in [2.24, 2.45) is 0 Å². The highest BCUT2D eigenvalue weighted by Crippen LogP contribution is 2.42. The van der Waals surface area contributed by atoms with E-state index in [-0.39, 0.29) is 11.2 Å². The van der Waals surface area contributed by atoms with Gasteiger partial charge in [0.25, 0.3) is 0 Å². The number of aromatic nitrogens is 3. The number of rotatable bonds is 6. The molecular weight excluding hydrogens is 364 g/mol. The Kier molecular flexibility index (Phi) is 5.36. The number of hydrogen-bond donors (Lipinski definition) is 0. The predicted molar refractivity (Wildman–Crippen MR) is 107 cm³/mol. The van der Waals surface area contributed by atoms with Crippen LogP contribution in [-0.2, 0) is 4.79 Å². The van der Waals surface area contributed by atoms with Crippen LogP contribution in [0.3, 0.4) is 0 Å². The van der Waals surface area contributed by atoms with Crippen molar-refractivity contribution in [1.82, 2.24) is 19.7 Å². The van der Waals surface area contributed by atoms with Gasteiger partial charge >= 0.3 is 0 Å². The van der Waals surface area contributed by atoms with Crippen molar-refractivity contribution in [3.05, 3.63) is 17.5 Å². The Morgan fingerprint density at radius 2 is 2.04 bits per heavy atom. The van der Waals surface area contributed by atoms with E-state index in [1.54, 1.807) is 23.1 Å². The molecule has 1 amide bonds. The molecule has 0 saturated heterocycles. The summed E-state index contributed by atoms with van der Waals surface area (Å²) in [4.78, 5) is 16.1. The zero-order valence-electron chi connectivity index (χ0n) is 15.4. The largest absolute Gasteiger partial charge is 0.342 e. The quantitative estimate of drug-likeness (QED) is 0.676. The molecule has 5 nitrogen and oxygen atoms in total. The van der Waals surface area contributed by atoms with Crippen LogP contribution in [-0.4, -0.2) is 43.9 Å². The van der Waals surface area contributed by atoms with Crippen molar-refractivity contribution in [2.45, 2.75) is 74.4 Å². The van der Waals surface area contributed by atoms with Crippen molar-refractivity contribution in [1.29, 1.82) is 0 Å². The average molecular weight is 391 g/mol. The molecule has 0 N–H and O–H groups in total. The van der Waals surface area contributed by atoms with Gasteiger partial charge in [-0.2, -0.15) is 0 Å². The van der Waals surface area contributed by atoms with Crippen molar-refractivity contribution < 1.29 is 4.79 Å². The highest BCUT2D eigenvalue weighted by molar-refractivity contribution is 8.00. The van der Waals surface area contributed by atoms with E-state index in [1.165, 1.54) is 32.1 Å². The summed E-state index contributed by atoms with van der Waals surface area (Å²) in [5.74, 6) is 1.16. The van der Waals surface area contributed by atoms with Gasteiger partial charge in [-0.1, -0.05) is 37.1 Å². The van der Waals surface area contributed by atoms with Crippen LogP contribution >= 0.6 is 23.1 Å². The zero-order valence-corrected chi connectivity index (χ0v) is 17.1. The third-order valence-corrected chi connectivity index (χ3v) is 7.33. The lowest BCUT2D eigenvalue weighted by molar-refractivity contribution is -0.131. The second kappa shape index (κ2) is 7.72. The number of carbonyl (C=O) groups excluding carboxylic acids is 1. The molecule has 1 atom stereocenters. The molecule has 4 rings (SSSR count). The molecule has 2 aliphatic carbocycles. The Labute approximate surface area is 163 Å². The minimum atomic E-state index is -0.139. The topological polar surface area (TPSA) is 51.0 Å². The lowest BCUT2D eigenvalue weighted by atomic mass is 9.94. The molecular formula is C19H26N4OS2. The van der Waals surface area contributed by atoms with Gasteiger partial charge in [0, 0.05) is 19.1 Å². The standard InChI is InChI=1S/C19H26N4OS2/c1-13(18(24)22(2)14-7-4-3-5-8-14)26-19-21-20-17(16-9-6-12-25-16)23(19)15-10-11-15/h6,9,12-15H,3-5,7-8,10-11H2,1-2H3/t13-/m1/s1. The van der Waals surface area contributed by atoms with Crippen LogP contribution in [0.2, 0.25) is 0 Å². The lowest BCUT2D eigenvalue weighted by Crippen LogP contribution is -2.42. The molecule has 0 spiro atoms. The van der Waals surface area contributed by atoms with Gasteiger partial charge in [-0.3, -0.25) is 9.36 Å². The summed E-state index contributed by atoms with van der Waals surface area (Å²) in [5.41, 5.74) is 0. The van der Waals surface area contributed by atoms with Crippen LogP contribution in [0.25, 0.3) is 10.7 Å². The van der Waals surface area contributed by atoms with Gasteiger partial charge in [0.1, 0.15) is 0 Å². The van der Waals surface area contributed by atoms with Crippen LogP contribution in [0, 0.1) is 0 Å². The Balaban J connectivity index is 1.49. The molecule has 2 heterocycles. The molecule has 2 aromatic heterocycles. The Bertz CT molecular complexity index is 748. The molecule has 2 fully saturated rings. The zero-order chi connectivity index (χ0) is 18.1. The van der Waals surface area contributed by atoms with Crippen LogP contribution in [0.4, 0.5) is 0 Å². The van der Waals surface area contributed by atoms with E-state index in [1.807, 2.05) is 24.9 Å². The summed E-state index contributed by atoms with van der Waals surface area (Å²) >= 11 is 3.25. The summed E-state index contributed by atoms with van der Waals surface area (Å²) in [6, 6.07) is 5.03. The summed E-state index contributed by atoms with van der Waals surface area (Å²) in [6.07, 6.45) is 8.41. The van der Waals surface area contributed by atoms with E-state index in [9.17, 15) is 4.79 Å². The van der Waals surface area contributed by atoms with Gasteiger partial charge in [-0.25, -0.2) is 0 Å². The molecule has 0 unspecified atom stereocenters. The molecule has 2 aromatic rings.